The third kappa shape index (κ3) is 3.00. The highest BCUT2D eigenvalue weighted by Crippen LogP contribution is 2.11. The monoisotopic (exact) mass is 270 g/mol. The Bertz CT molecular complexity index is 636. The number of hydrogen-bond donors (Lipinski definition) is 1. The molecule has 20 heavy (non-hydrogen) atoms. The van der Waals surface area contributed by atoms with E-state index in [2.05, 4.69) is 15.0 Å². The minimum Gasteiger partial charge on any atom is -0.465 e. The Morgan fingerprint density at radius 3 is 2.50 bits per heavy atom. The summed E-state index contributed by atoms with van der Waals surface area (Å²) >= 11 is 0. The molecule has 5 heteroatoms. The molecule has 0 fully saturated rings. The highest BCUT2D eigenvalue weighted by Gasteiger charge is 2.10. The predicted molar refractivity (Wildman–Crippen MR) is 74.7 cm³/mol. The zero-order valence-corrected chi connectivity index (χ0v) is 11.2. The van der Waals surface area contributed by atoms with Gasteiger partial charge in [0.1, 0.15) is 5.82 Å². The van der Waals surface area contributed by atoms with Crippen molar-refractivity contribution in [3.8, 4) is 0 Å². The van der Waals surface area contributed by atoms with Crippen molar-refractivity contribution in [3.05, 3.63) is 59.3 Å². The van der Waals surface area contributed by atoms with Gasteiger partial charge < -0.3 is 10.1 Å². The van der Waals surface area contributed by atoms with Gasteiger partial charge in [0, 0.05) is 11.8 Å². The van der Waals surface area contributed by atoms with E-state index in [1.165, 1.54) is 13.3 Å². The lowest BCUT2D eigenvalue weighted by atomic mass is 10.1. The van der Waals surface area contributed by atoms with E-state index in [0.717, 1.165) is 5.56 Å². The summed E-state index contributed by atoms with van der Waals surface area (Å²) in [5, 5.41) is 2.68. The lowest BCUT2D eigenvalue weighted by molar-refractivity contribution is 0.0600. The maximum absolute atomic E-state index is 12.1. The molecule has 1 N–H and O–H groups in total. The van der Waals surface area contributed by atoms with E-state index in [0.29, 0.717) is 16.9 Å². The first-order valence-electron chi connectivity index (χ1n) is 6.03. The first-order chi connectivity index (χ1) is 9.61. The second-order valence-corrected chi connectivity index (χ2v) is 4.19. The van der Waals surface area contributed by atoms with Gasteiger partial charge in [-0.1, -0.05) is 18.2 Å². The molecule has 2 aromatic rings. The molecule has 0 unspecified atom stereocenters. The largest absolute Gasteiger partial charge is 0.465 e. The number of methoxy groups -OCH3 is 1. The third-order valence-electron chi connectivity index (χ3n) is 2.82. The van der Waals surface area contributed by atoms with Crippen LogP contribution in [-0.4, -0.2) is 24.0 Å². The number of amides is 1. The van der Waals surface area contributed by atoms with Crippen LogP contribution in [-0.2, 0) is 4.74 Å². The van der Waals surface area contributed by atoms with Gasteiger partial charge in [0.2, 0.25) is 0 Å². The van der Waals surface area contributed by atoms with Crippen LogP contribution < -0.4 is 5.32 Å². The van der Waals surface area contributed by atoms with Crippen LogP contribution in [0.25, 0.3) is 0 Å². The molecule has 0 saturated heterocycles. The number of ether oxygens (including phenoxy) is 1. The number of carbonyl (C=O) groups excluding carboxylic acids is 2. The summed E-state index contributed by atoms with van der Waals surface area (Å²) in [6.45, 7) is 1.86. The van der Waals surface area contributed by atoms with Gasteiger partial charge in [0.15, 0.2) is 0 Å². The highest BCUT2D eigenvalue weighted by atomic mass is 16.5. The standard InChI is InChI=1S/C15H14N2O3/c1-10-5-3-4-6-12(10)14(18)17-13-8-7-11(9-16-13)15(19)20-2/h3-9H,1-2H3,(H,16,17,18). The van der Waals surface area contributed by atoms with Crippen molar-refractivity contribution < 1.29 is 14.3 Å². The lowest BCUT2D eigenvalue weighted by Gasteiger charge is -2.07. The summed E-state index contributed by atoms with van der Waals surface area (Å²) in [5.41, 5.74) is 1.81. The summed E-state index contributed by atoms with van der Waals surface area (Å²) in [4.78, 5) is 27.3. The molecule has 0 bridgehead atoms. The fourth-order valence-electron chi connectivity index (χ4n) is 1.72. The number of anilines is 1. The smallest absolute Gasteiger partial charge is 0.339 e. The SMILES string of the molecule is COC(=O)c1ccc(NC(=O)c2ccccc2C)nc1. The van der Waals surface area contributed by atoms with Crippen molar-refractivity contribution in [2.45, 2.75) is 6.92 Å². The Labute approximate surface area is 116 Å². The fourth-order valence-corrected chi connectivity index (χ4v) is 1.72. The Morgan fingerprint density at radius 1 is 1.15 bits per heavy atom. The number of benzene rings is 1. The molecule has 1 heterocycles. The molecule has 1 aromatic carbocycles. The van der Waals surface area contributed by atoms with Crippen molar-refractivity contribution in [2.75, 3.05) is 12.4 Å². The van der Waals surface area contributed by atoms with Crippen LogP contribution in [0.3, 0.4) is 0 Å². The zero-order chi connectivity index (χ0) is 14.5. The maximum atomic E-state index is 12.1. The molecule has 0 spiro atoms. The van der Waals surface area contributed by atoms with Gasteiger partial charge in [-0.05, 0) is 30.7 Å². The molecule has 1 amide bonds. The van der Waals surface area contributed by atoms with Crippen molar-refractivity contribution in [1.82, 2.24) is 4.98 Å². The second kappa shape index (κ2) is 5.97. The first-order valence-corrected chi connectivity index (χ1v) is 6.03. The van der Waals surface area contributed by atoms with E-state index in [4.69, 9.17) is 0 Å². The Morgan fingerprint density at radius 2 is 1.90 bits per heavy atom. The molecule has 102 valence electrons. The van der Waals surface area contributed by atoms with E-state index >= 15 is 0 Å². The number of nitrogens with zero attached hydrogens (tertiary/aromatic N) is 1. The van der Waals surface area contributed by atoms with E-state index < -0.39 is 5.97 Å². The summed E-state index contributed by atoms with van der Waals surface area (Å²) in [6, 6.07) is 10.4. The van der Waals surface area contributed by atoms with Crippen LogP contribution in [0.5, 0.6) is 0 Å². The van der Waals surface area contributed by atoms with Gasteiger partial charge in [-0.25, -0.2) is 9.78 Å². The quantitative estimate of drug-likeness (QED) is 0.870. The molecule has 1 aromatic heterocycles. The van der Waals surface area contributed by atoms with Crippen molar-refractivity contribution in [3.63, 3.8) is 0 Å². The molecular weight excluding hydrogens is 256 g/mol. The van der Waals surface area contributed by atoms with Crippen molar-refractivity contribution in [2.24, 2.45) is 0 Å². The Kier molecular flexibility index (Phi) is 4.10. The highest BCUT2D eigenvalue weighted by molar-refractivity contribution is 6.04. The van der Waals surface area contributed by atoms with E-state index in [1.807, 2.05) is 19.1 Å². The van der Waals surface area contributed by atoms with Crippen molar-refractivity contribution >= 4 is 17.7 Å². The average molecular weight is 270 g/mol. The van der Waals surface area contributed by atoms with Crippen LogP contribution >= 0.6 is 0 Å². The predicted octanol–water partition coefficient (Wildman–Crippen LogP) is 2.43. The van der Waals surface area contributed by atoms with Gasteiger partial charge in [-0.15, -0.1) is 0 Å². The van der Waals surface area contributed by atoms with Crippen LogP contribution in [0, 0.1) is 6.92 Å². The molecule has 0 aliphatic heterocycles. The van der Waals surface area contributed by atoms with Crippen LogP contribution in [0.1, 0.15) is 26.3 Å². The number of aromatic nitrogens is 1. The number of pyridine rings is 1. The molecule has 0 saturated carbocycles. The van der Waals surface area contributed by atoms with Crippen molar-refractivity contribution in [1.29, 1.82) is 0 Å². The summed E-state index contributed by atoms with van der Waals surface area (Å²) in [6.07, 6.45) is 1.36. The molecule has 5 nitrogen and oxygen atoms in total. The molecule has 0 atom stereocenters. The second-order valence-electron chi connectivity index (χ2n) is 4.19. The average Bonchev–Trinajstić information content (AvgIpc) is 2.47. The third-order valence-corrected chi connectivity index (χ3v) is 2.82. The summed E-state index contributed by atoms with van der Waals surface area (Å²) < 4.78 is 4.58. The molecular formula is C15H14N2O3. The van der Waals surface area contributed by atoms with Crippen LogP contribution in [0.2, 0.25) is 0 Å². The van der Waals surface area contributed by atoms with Gasteiger partial charge in [0.05, 0.1) is 12.7 Å². The van der Waals surface area contributed by atoms with Crippen LogP contribution in [0.4, 0.5) is 5.82 Å². The lowest BCUT2D eigenvalue weighted by Crippen LogP contribution is -2.14. The first kappa shape index (κ1) is 13.7. The summed E-state index contributed by atoms with van der Waals surface area (Å²) in [7, 11) is 1.30. The number of aryl methyl sites for hydroxylation is 1. The molecule has 2 rings (SSSR count). The topological polar surface area (TPSA) is 68.3 Å². The summed E-state index contributed by atoms with van der Waals surface area (Å²) in [5.74, 6) is -0.318. The number of hydrogen-bond acceptors (Lipinski definition) is 4. The van der Waals surface area contributed by atoms with Gasteiger partial charge >= 0.3 is 5.97 Å². The Balaban J connectivity index is 2.13. The normalized spacial score (nSPS) is 9.90. The number of esters is 1. The zero-order valence-electron chi connectivity index (χ0n) is 11.2. The Hall–Kier alpha value is -2.69. The van der Waals surface area contributed by atoms with Crippen LogP contribution in [0.15, 0.2) is 42.6 Å². The van der Waals surface area contributed by atoms with Gasteiger partial charge in [0.25, 0.3) is 5.91 Å². The number of carbonyl (C=O) groups is 2. The van der Waals surface area contributed by atoms with E-state index in [9.17, 15) is 9.59 Å². The molecule has 0 aliphatic rings. The number of rotatable bonds is 3. The molecule has 0 aliphatic carbocycles. The minimum absolute atomic E-state index is 0.235. The molecule has 0 radical (unpaired) electrons. The van der Waals surface area contributed by atoms with E-state index in [1.54, 1.807) is 24.3 Å². The van der Waals surface area contributed by atoms with Gasteiger partial charge in [-0.3, -0.25) is 4.79 Å². The maximum Gasteiger partial charge on any atom is 0.339 e. The van der Waals surface area contributed by atoms with Gasteiger partial charge in [-0.2, -0.15) is 0 Å². The van der Waals surface area contributed by atoms with E-state index in [-0.39, 0.29) is 5.91 Å². The number of nitrogens with one attached hydrogen (secondary N) is 1. The fraction of sp³-hybridized carbons (Fsp3) is 0.133. The minimum atomic E-state index is -0.464.